The number of nitrogens with one attached hydrogen (secondary N) is 1. The van der Waals surface area contributed by atoms with Gasteiger partial charge in [0, 0.05) is 30.9 Å². The van der Waals surface area contributed by atoms with Crippen molar-refractivity contribution in [2.24, 2.45) is 0 Å². The van der Waals surface area contributed by atoms with Crippen molar-refractivity contribution >= 4 is 0 Å². The number of aromatic nitrogens is 1. The van der Waals surface area contributed by atoms with Gasteiger partial charge < -0.3 is 5.32 Å². The Morgan fingerprint density at radius 1 is 1.11 bits per heavy atom. The van der Waals surface area contributed by atoms with Crippen LogP contribution in [0.15, 0.2) is 48.7 Å². The van der Waals surface area contributed by atoms with E-state index in [1.165, 1.54) is 16.8 Å². The summed E-state index contributed by atoms with van der Waals surface area (Å²) in [6, 6.07) is 15.4. The quantitative estimate of drug-likeness (QED) is 0.889. The summed E-state index contributed by atoms with van der Waals surface area (Å²) in [6.45, 7) is 1.05. The highest BCUT2D eigenvalue weighted by Crippen LogP contribution is 2.24. The Kier molecular flexibility index (Phi) is 3.37. The zero-order valence-electron chi connectivity index (χ0n) is 10.5. The number of aryl methyl sites for hydroxylation is 1. The van der Waals surface area contributed by atoms with Crippen LogP contribution in [0.1, 0.15) is 29.3 Å². The Labute approximate surface area is 108 Å². The van der Waals surface area contributed by atoms with Gasteiger partial charge >= 0.3 is 0 Å². The summed E-state index contributed by atoms with van der Waals surface area (Å²) >= 11 is 0. The minimum absolute atomic E-state index is 0.461. The predicted molar refractivity (Wildman–Crippen MR) is 73.4 cm³/mol. The fraction of sp³-hybridized carbons (Fsp3) is 0.312. The molecule has 0 spiro atoms. The molecule has 1 N–H and O–H groups in total. The molecule has 1 aromatic heterocycles. The molecule has 0 bridgehead atoms. The highest BCUT2D eigenvalue weighted by Gasteiger charge is 2.19. The summed E-state index contributed by atoms with van der Waals surface area (Å²) in [6.07, 6.45) is 5.21. The van der Waals surface area contributed by atoms with Crippen molar-refractivity contribution in [1.29, 1.82) is 0 Å². The fourth-order valence-electron chi connectivity index (χ4n) is 2.66. The van der Waals surface area contributed by atoms with Gasteiger partial charge in [-0.3, -0.25) is 4.98 Å². The van der Waals surface area contributed by atoms with Crippen LogP contribution in [0, 0.1) is 0 Å². The summed E-state index contributed by atoms with van der Waals surface area (Å²) in [5, 5.41) is 3.61. The smallest absolute Gasteiger partial charge is 0.0463 e. The molecular formula is C16H18N2. The fourth-order valence-corrected chi connectivity index (χ4v) is 2.66. The Morgan fingerprint density at radius 3 is 2.89 bits per heavy atom. The number of benzene rings is 1. The lowest BCUT2D eigenvalue weighted by Crippen LogP contribution is -2.30. The first-order chi connectivity index (χ1) is 8.93. The Balaban J connectivity index is 1.71. The van der Waals surface area contributed by atoms with Gasteiger partial charge in [0.25, 0.3) is 0 Å². The molecule has 0 radical (unpaired) electrons. The van der Waals surface area contributed by atoms with Crippen molar-refractivity contribution in [2.45, 2.75) is 25.3 Å². The highest BCUT2D eigenvalue weighted by molar-refractivity contribution is 5.27. The van der Waals surface area contributed by atoms with E-state index >= 15 is 0 Å². The Bertz CT molecular complexity index is 508. The second-order valence-electron chi connectivity index (χ2n) is 4.82. The summed E-state index contributed by atoms with van der Waals surface area (Å²) in [5.74, 6) is 0. The van der Waals surface area contributed by atoms with E-state index in [1.54, 1.807) is 0 Å². The molecule has 2 heteroatoms. The maximum atomic E-state index is 4.48. The van der Waals surface area contributed by atoms with E-state index in [0.717, 1.165) is 25.8 Å². The SMILES string of the molecule is c1ccc(CCC2NCCc3ncccc32)cc1. The third-order valence-corrected chi connectivity index (χ3v) is 3.62. The van der Waals surface area contributed by atoms with Gasteiger partial charge in [-0.05, 0) is 30.0 Å². The summed E-state index contributed by atoms with van der Waals surface area (Å²) < 4.78 is 0. The minimum Gasteiger partial charge on any atom is -0.309 e. The highest BCUT2D eigenvalue weighted by atomic mass is 14.9. The van der Waals surface area contributed by atoms with Gasteiger partial charge in [-0.2, -0.15) is 0 Å². The molecular weight excluding hydrogens is 220 g/mol. The van der Waals surface area contributed by atoms with Gasteiger partial charge in [-0.15, -0.1) is 0 Å². The van der Waals surface area contributed by atoms with Crippen molar-refractivity contribution in [3.05, 3.63) is 65.5 Å². The third-order valence-electron chi connectivity index (χ3n) is 3.62. The Morgan fingerprint density at radius 2 is 2.00 bits per heavy atom. The first-order valence-electron chi connectivity index (χ1n) is 6.64. The van der Waals surface area contributed by atoms with Crippen LogP contribution in [0.2, 0.25) is 0 Å². The predicted octanol–water partition coefficient (Wildman–Crippen LogP) is 2.90. The molecule has 92 valence electrons. The average Bonchev–Trinajstić information content (AvgIpc) is 2.46. The topological polar surface area (TPSA) is 24.9 Å². The molecule has 0 amide bonds. The average molecular weight is 238 g/mol. The van der Waals surface area contributed by atoms with E-state index in [2.05, 4.69) is 46.7 Å². The van der Waals surface area contributed by atoms with Crippen LogP contribution in [0.5, 0.6) is 0 Å². The van der Waals surface area contributed by atoms with Crippen LogP contribution in [0.3, 0.4) is 0 Å². The molecule has 1 unspecified atom stereocenters. The van der Waals surface area contributed by atoms with Crippen molar-refractivity contribution in [3.8, 4) is 0 Å². The van der Waals surface area contributed by atoms with Crippen molar-refractivity contribution in [2.75, 3.05) is 6.54 Å². The van der Waals surface area contributed by atoms with Crippen LogP contribution in [-0.2, 0) is 12.8 Å². The first-order valence-corrected chi connectivity index (χ1v) is 6.64. The van der Waals surface area contributed by atoms with E-state index < -0.39 is 0 Å². The van der Waals surface area contributed by atoms with Crippen molar-refractivity contribution in [1.82, 2.24) is 10.3 Å². The molecule has 2 heterocycles. The van der Waals surface area contributed by atoms with E-state index in [-0.39, 0.29) is 0 Å². The molecule has 0 saturated carbocycles. The zero-order chi connectivity index (χ0) is 12.2. The van der Waals surface area contributed by atoms with Gasteiger partial charge in [-0.25, -0.2) is 0 Å². The molecule has 2 nitrogen and oxygen atoms in total. The van der Waals surface area contributed by atoms with Crippen molar-refractivity contribution < 1.29 is 0 Å². The van der Waals surface area contributed by atoms with Gasteiger partial charge in [-0.1, -0.05) is 36.4 Å². The summed E-state index contributed by atoms with van der Waals surface area (Å²) in [5.41, 5.74) is 4.07. The standard InChI is InChI=1S/C16H18N2/c1-2-5-13(6-3-1)8-9-15-14-7-4-11-17-16(14)10-12-18-15/h1-7,11,15,18H,8-10,12H2. The van der Waals surface area contributed by atoms with Crippen LogP contribution in [0.4, 0.5) is 0 Å². The summed E-state index contributed by atoms with van der Waals surface area (Å²) in [7, 11) is 0. The second kappa shape index (κ2) is 5.32. The molecule has 0 aliphatic carbocycles. The minimum atomic E-state index is 0.461. The number of pyridine rings is 1. The number of fused-ring (bicyclic) bond motifs is 1. The normalized spacial score (nSPS) is 18.3. The van der Waals surface area contributed by atoms with Gasteiger partial charge in [0.2, 0.25) is 0 Å². The monoisotopic (exact) mass is 238 g/mol. The van der Waals surface area contributed by atoms with Gasteiger partial charge in [0.1, 0.15) is 0 Å². The summed E-state index contributed by atoms with van der Waals surface area (Å²) in [4.78, 5) is 4.48. The maximum absolute atomic E-state index is 4.48. The molecule has 0 fully saturated rings. The Hall–Kier alpha value is -1.67. The lowest BCUT2D eigenvalue weighted by molar-refractivity contribution is 0.470. The molecule has 1 aliphatic heterocycles. The van der Waals surface area contributed by atoms with Gasteiger partial charge in [0.15, 0.2) is 0 Å². The molecule has 1 aliphatic rings. The largest absolute Gasteiger partial charge is 0.309 e. The van der Waals surface area contributed by atoms with E-state index in [1.807, 2.05) is 12.3 Å². The van der Waals surface area contributed by atoms with E-state index in [0.29, 0.717) is 6.04 Å². The second-order valence-corrected chi connectivity index (χ2v) is 4.82. The first kappa shape index (κ1) is 11.4. The van der Waals surface area contributed by atoms with Crippen LogP contribution < -0.4 is 5.32 Å². The van der Waals surface area contributed by atoms with E-state index in [4.69, 9.17) is 0 Å². The van der Waals surface area contributed by atoms with Crippen LogP contribution in [0.25, 0.3) is 0 Å². The third kappa shape index (κ3) is 2.44. The number of hydrogen-bond donors (Lipinski definition) is 1. The molecule has 2 aromatic rings. The maximum Gasteiger partial charge on any atom is 0.0463 e. The van der Waals surface area contributed by atoms with Crippen LogP contribution >= 0.6 is 0 Å². The van der Waals surface area contributed by atoms with E-state index in [9.17, 15) is 0 Å². The molecule has 18 heavy (non-hydrogen) atoms. The van der Waals surface area contributed by atoms with Crippen LogP contribution in [-0.4, -0.2) is 11.5 Å². The number of nitrogens with zero attached hydrogens (tertiary/aromatic N) is 1. The zero-order valence-corrected chi connectivity index (χ0v) is 10.5. The molecule has 1 atom stereocenters. The number of rotatable bonds is 3. The van der Waals surface area contributed by atoms with Gasteiger partial charge in [0.05, 0.1) is 0 Å². The molecule has 1 aromatic carbocycles. The molecule has 3 rings (SSSR count). The molecule has 0 saturated heterocycles. The number of hydrogen-bond acceptors (Lipinski definition) is 2. The lowest BCUT2D eigenvalue weighted by atomic mass is 9.94. The lowest BCUT2D eigenvalue weighted by Gasteiger charge is -2.26. The van der Waals surface area contributed by atoms with Crippen molar-refractivity contribution in [3.63, 3.8) is 0 Å².